The first-order valence-corrected chi connectivity index (χ1v) is 7.55. The molecule has 1 saturated carbocycles. The van der Waals surface area contributed by atoms with Crippen molar-refractivity contribution in [1.29, 1.82) is 0 Å². The number of carbonyl (C=O) groups is 2. The van der Waals surface area contributed by atoms with Crippen molar-refractivity contribution >= 4 is 11.8 Å². The Labute approximate surface area is 124 Å². The van der Waals surface area contributed by atoms with Crippen LogP contribution in [0.15, 0.2) is 18.6 Å². The number of carbonyl (C=O) groups excluding carboxylic acids is 2. The van der Waals surface area contributed by atoms with E-state index >= 15 is 0 Å². The third-order valence-corrected chi connectivity index (χ3v) is 4.39. The van der Waals surface area contributed by atoms with Crippen molar-refractivity contribution in [3.05, 3.63) is 24.3 Å². The minimum absolute atomic E-state index is 0.0181. The molecule has 1 aromatic rings. The molecule has 2 heterocycles. The summed E-state index contributed by atoms with van der Waals surface area (Å²) in [5.74, 6) is 0.0297. The van der Waals surface area contributed by atoms with Crippen LogP contribution in [0.3, 0.4) is 0 Å². The van der Waals surface area contributed by atoms with Gasteiger partial charge in [-0.3, -0.25) is 9.59 Å². The van der Waals surface area contributed by atoms with Crippen LogP contribution < -0.4 is 5.32 Å². The molecule has 6 heteroatoms. The SMILES string of the molecule is O=C1CCN(Cc2ccncn2)C(=O)C2(CCCCC2)N1. The Bertz CT molecular complexity index is 526. The summed E-state index contributed by atoms with van der Waals surface area (Å²) in [6, 6.07) is 1.81. The molecule has 112 valence electrons. The molecule has 1 spiro atoms. The van der Waals surface area contributed by atoms with Crippen LogP contribution in [0, 0.1) is 0 Å². The summed E-state index contributed by atoms with van der Waals surface area (Å²) >= 11 is 0. The maximum Gasteiger partial charge on any atom is 0.248 e. The molecular formula is C15H20N4O2. The van der Waals surface area contributed by atoms with E-state index in [4.69, 9.17) is 0 Å². The van der Waals surface area contributed by atoms with E-state index in [2.05, 4.69) is 15.3 Å². The Morgan fingerprint density at radius 2 is 2.05 bits per heavy atom. The molecule has 0 aromatic carbocycles. The molecule has 3 rings (SSSR count). The molecule has 1 aliphatic heterocycles. The van der Waals surface area contributed by atoms with Gasteiger partial charge in [-0.25, -0.2) is 9.97 Å². The van der Waals surface area contributed by atoms with Crippen LogP contribution in [0.2, 0.25) is 0 Å². The van der Waals surface area contributed by atoms with Crippen LogP contribution >= 0.6 is 0 Å². The van der Waals surface area contributed by atoms with Gasteiger partial charge in [0.05, 0.1) is 12.2 Å². The molecule has 0 atom stereocenters. The summed E-state index contributed by atoms with van der Waals surface area (Å²) in [5, 5.41) is 3.00. The zero-order chi connectivity index (χ0) is 14.7. The van der Waals surface area contributed by atoms with Crippen molar-refractivity contribution in [1.82, 2.24) is 20.2 Å². The highest BCUT2D eigenvalue weighted by Crippen LogP contribution is 2.31. The molecule has 0 bridgehead atoms. The monoisotopic (exact) mass is 288 g/mol. The van der Waals surface area contributed by atoms with Gasteiger partial charge in [-0.1, -0.05) is 19.3 Å². The van der Waals surface area contributed by atoms with Gasteiger partial charge in [0.1, 0.15) is 11.9 Å². The molecule has 2 aliphatic rings. The second-order valence-corrected chi connectivity index (χ2v) is 5.87. The van der Waals surface area contributed by atoms with Gasteiger partial charge >= 0.3 is 0 Å². The average molecular weight is 288 g/mol. The second-order valence-electron chi connectivity index (χ2n) is 5.87. The molecule has 2 amide bonds. The van der Waals surface area contributed by atoms with Crippen molar-refractivity contribution in [2.75, 3.05) is 6.54 Å². The van der Waals surface area contributed by atoms with E-state index in [9.17, 15) is 9.59 Å². The van der Waals surface area contributed by atoms with Gasteiger partial charge in [0.2, 0.25) is 11.8 Å². The molecule has 1 aliphatic carbocycles. The van der Waals surface area contributed by atoms with E-state index in [0.717, 1.165) is 37.8 Å². The third-order valence-electron chi connectivity index (χ3n) is 4.39. The predicted molar refractivity (Wildman–Crippen MR) is 76.0 cm³/mol. The number of amides is 2. The lowest BCUT2D eigenvalue weighted by molar-refractivity contribution is -0.140. The number of hydrogen-bond donors (Lipinski definition) is 1. The quantitative estimate of drug-likeness (QED) is 0.882. The summed E-state index contributed by atoms with van der Waals surface area (Å²) in [4.78, 5) is 34.8. The molecule has 2 fully saturated rings. The zero-order valence-electron chi connectivity index (χ0n) is 12.0. The van der Waals surface area contributed by atoms with Crippen LogP contribution in [0.4, 0.5) is 0 Å². The lowest BCUT2D eigenvalue weighted by Crippen LogP contribution is -2.58. The van der Waals surface area contributed by atoms with Gasteiger partial charge in [-0.15, -0.1) is 0 Å². The maximum absolute atomic E-state index is 12.9. The molecule has 1 saturated heterocycles. The summed E-state index contributed by atoms with van der Waals surface area (Å²) in [5.41, 5.74) is 0.123. The Morgan fingerprint density at radius 1 is 1.24 bits per heavy atom. The Kier molecular flexibility index (Phi) is 3.86. The Morgan fingerprint density at radius 3 is 2.76 bits per heavy atom. The highest BCUT2D eigenvalue weighted by molar-refractivity contribution is 5.93. The fourth-order valence-electron chi connectivity index (χ4n) is 3.28. The van der Waals surface area contributed by atoms with Crippen molar-refractivity contribution in [2.24, 2.45) is 0 Å². The molecule has 1 aromatic heterocycles. The number of nitrogens with one attached hydrogen (secondary N) is 1. The maximum atomic E-state index is 12.9. The second kappa shape index (κ2) is 5.79. The van der Waals surface area contributed by atoms with Crippen LogP contribution in [0.25, 0.3) is 0 Å². The van der Waals surface area contributed by atoms with Gasteiger partial charge in [0.25, 0.3) is 0 Å². The topological polar surface area (TPSA) is 75.2 Å². The van der Waals surface area contributed by atoms with E-state index in [-0.39, 0.29) is 11.8 Å². The molecule has 0 unspecified atom stereocenters. The van der Waals surface area contributed by atoms with E-state index < -0.39 is 5.54 Å². The predicted octanol–water partition coefficient (Wildman–Crippen LogP) is 1.03. The third kappa shape index (κ3) is 2.89. The Hall–Kier alpha value is -1.98. The molecular weight excluding hydrogens is 268 g/mol. The van der Waals surface area contributed by atoms with Gasteiger partial charge in [-0.2, -0.15) is 0 Å². The van der Waals surface area contributed by atoms with Gasteiger partial charge < -0.3 is 10.2 Å². The molecule has 21 heavy (non-hydrogen) atoms. The first-order chi connectivity index (χ1) is 10.2. The standard InChI is InChI=1S/C15H20N4O2/c20-13-5-9-19(10-12-4-8-16-11-17-12)14(21)15(18-13)6-2-1-3-7-15/h4,8,11H,1-3,5-7,9-10H2,(H,18,20). The van der Waals surface area contributed by atoms with Crippen LogP contribution in [-0.4, -0.2) is 38.8 Å². The smallest absolute Gasteiger partial charge is 0.248 e. The molecule has 1 N–H and O–H groups in total. The first kappa shape index (κ1) is 14.0. The summed E-state index contributed by atoms with van der Waals surface area (Å²) in [6.45, 7) is 0.897. The van der Waals surface area contributed by atoms with Crippen molar-refractivity contribution in [3.8, 4) is 0 Å². The summed E-state index contributed by atoms with van der Waals surface area (Å²) in [7, 11) is 0. The van der Waals surface area contributed by atoms with E-state index in [1.807, 2.05) is 0 Å². The van der Waals surface area contributed by atoms with Crippen LogP contribution in [0.1, 0.15) is 44.2 Å². The first-order valence-electron chi connectivity index (χ1n) is 7.55. The lowest BCUT2D eigenvalue weighted by atomic mass is 9.80. The average Bonchev–Trinajstić information content (AvgIpc) is 2.62. The van der Waals surface area contributed by atoms with Crippen LogP contribution in [-0.2, 0) is 16.1 Å². The number of hydrogen-bond acceptors (Lipinski definition) is 4. The fraction of sp³-hybridized carbons (Fsp3) is 0.600. The molecule has 6 nitrogen and oxygen atoms in total. The largest absolute Gasteiger partial charge is 0.342 e. The van der Waals surface area contributed by atoms with Gasteiger partial charge in [0.15, 0.2) is 0 Å². The Balaban J connectivity index is 1.83. The highest BCUT2D eigenvalue weighted by atomic mass is 16.2. The number of nitrogens with zero attached hydrogens (tertiary/aromatic N) is 3. The van der Waals surface area contributed by atoms with Crippen LogP contribution in [0.5, 0.6) is 0 Å². The minimum atomic E-state index is -0.682. The highest BCUT2D eigenvalue weighted by Gasteiger charge is 2.44. The number of rotatable bonds is 2. The van der Waals surface area contributed by atoms with Gasteiger partial charge in [-0.05, 0) is 18.9 Å². The van der Waals surface area contributed by atoms with E-state index in [1.165, 1.54) is 6.33 Å². The van der Waals surface area contributed by atoms with Crippen molar-refractivity contribution in [3.63, 3.8) is 0 Å². The van der Waals surface area contributed by atoms with E-state index in [1.54, 1.807) is 17.2 Å². The molecule has 0 radical (unpaired) electrons. The minimum Gasteiger partial charge on any atom is -0.342 e. The van der Waals surface area contributed by atoms with E-state index in [0.29, 0.717) is 19.5 Å². The number of aromatic nitrogens is 2. The zero-order valence-corrected chi connectivity index (χ0v) is 12.0. The van der Waals surface area contributed by atoms with Crippen molar-refractivity contribution in [2.45, 2.75) is 50.6 Å². The van der Waals surface area contributed by atoms with Crippen molar-refractivity contribution < 1.29 is 9.59 Å². The van der Waals surface area contributed by atoms with Gasteiger partial charge in [0, 0.05) is 19.2 Å². The normalized spacial score (nSPS) is 22.0. The summed E-state index contributed by atoms with van der Waals surface area (Å²) in [6.07, 6.45) is 8.13. The summed E-state index contributed by atoms with van der Waals surface area (Å²) < 4.78 is 0. The lowest BCUT2D eigenvalue weighted by Gasteiger charge is -2.38. The fourth-order valence-corrected chi connectivity index (χ4v) is 3.28.